The number of fused-ring (bicyclic) bond motifs is 1. The van der Waals surface area contributed by atoms with E-state index in [0.717, 1.165) is 21.9 Å². The van der Waals surface area contributed by atoms with Crippen LogP contribution in [0.3, 0.4) is 0 Å². The third-order valence-corrected chi connectivity index (χ3v) is 6.43. The highest BCUT2D eigenvalue weighted by Gasteiger charge is 2.38. The molecule has 0 saturated carbocycles. The lowest BCUT2D eigenvalue weighted by Crippen LogP contribution is -2.54. The number of anilines is 1. The van der Waals surface area contributed by atoms with Crippen LogP contribution in [0.5, 0.6) is 0 Å². The summed E-state index contributed by atoms with van der Waals surface area (Å²) >= 11 is 0. The Labute approximate surface area is 236 Å². The van der Waals surface area contributed by atoms with Crippen molar-refractivity contribution >= 4 is 34.4 Å². The minimum absolute atomic E-state index is 0.343. The standard InChI is InChI=1S/C32H38N4O4/c1-20(2)27(35-31(39)40-32(5,6)7)30(38)36(17-16-33)28(26-15-12-21(3)18-22(26)4)29(37)34-25-14-13-23-10-8-9-11-24(23)19-25/h8-15,18-20,27-28H,17H2,1-7H3,(H,34,37)(H,35,39). The van der Waals surface area contributed by atoms with E-state index in [-0.39, 0.29) is 12.5 Å². The Morgan fingerprint density at radius 1 is 0.975 bits per heavy atom. The van der Waals surface area contributed by atoms with Crippen LogP contribution in [-0.2, 0) is 14.3 Å². The van der Waals surface area contributed by atoms with E-state index in [1.165, 1.54) is 4.90 Å². The van der Waals surface area contributed by atoms with Crippen molar-refractivity contribution in [1.82, 2.24) is 10.2 Å². The van der Waals surface area contributed by atoms with Gasteiger partial charge in [-0.3, -0.25) is 9.59 Å². The molecule has 2 N–H and O–H groups in total. The summed E-state index contributed by atoms with van der Waals surface area (Å²) in [5, 5.41) is 17.3. The van der Waals surface area contributed by atoms with Crippen LogP contribution in [0.2, 0.25) is 0 Å². The molecule has 3 rings (SSSR count). The molecule has 3 amide bonds. The van der Waals surface area contributed by atoms with Crippen molar-refractivity contribution in [3.05, 3.63) is 77.4 Å². The number of hydrogen-bond acceptors (Lipinski definition) is 5. The summed E-state index contributed by atoms with van der Waals surface area (Å²) in [6, 6.07) is 18.9. The molecule has 0 aliphatic rings. The second kappa shape index (κ2) is 12.6. The number of benzene rings is 3. The van der Waals surface area contributed by atoms with Crippen molar-refractivity contribution < 1.29 is 19.1 Å². The van der Waals surface area contributed by atoms with Gasteiger partial charge in [-0.25, -0.2) is 4.79 Å². The molecule has 2 unspecified atom stereocenters. The van der Waals surface area contributed by atoms with Crippen molar-refractivity contribution in [2.75, 3.05) is 11.9 Å². The predicted molar refractivity (Wildman–Crippen MR) is 157 cm³/mol. The molecule has 0 aliphatic carbocycles. The lowest BCUT2D eigenvalue weighted by molar-refractivity contribution is -0.141. The molecule has 40 heavy (non-hydrogen) atoms. The van der Waals surface area contributed by atoms with E-state index in [2.05, 4.69) is 10.6 Å². The van der Waals surface area contributed by atoms with E-state index in [0.29, 0.717) is 11.3 Å². The van der Waals surface area contributed by atoms with Gasteiger partial charge >= 0.3 is 6.09 Å². The van der Waals surface area contributed by atoms with Gasteiger partial charge < -0.3 is 20.3 Å². The number of hydrogen-bond donors (Lipinski definition) is 2. The van der Waals surface area contributed by atoms with E-state index < -0.39 is 35.6 Å². The molecule has 210 valence electrons. The van der Waals surface area contributed by atoms with Gasteiger partial charge in [-0.05, 0) is 74.6 Å². The minimum atomic E-state index is -1.12. The maximum absolute atomic E-state index is 14.0. The summed E-state index contributed by atoms with van der Waals surface area (Å²) in [5.74, 6) is -1.36. The maximum Gasteiger partial charge on any atom is 0.408 e. The highest BCUT2D eigenvalue weighted by molar-refractivity contribution is 6.00. The Hall–Kier alpha value is -4.38. The van der Waals surface area contributed by atoms with Crippen LogP contribution in [0, 0.1) is 31.1 Å². The number of alkyl carbamates (subject to hydrolysis) is 1. The number of nitrogens with one attached hydrogen (secondary N) is 2. The van der Waals surface area contributed by atoms with E-state index in [4.69, 9.17) is 4.74 Å². The number of ether oxygens (including phenoxy) is 1. The smallest absolute Gasteiger partial charge is 0.408 e. The number of aryl methyl sites for hydroxylation is 2. The molecular weight excluding hydrogens is 504 g/mol. The van der Waals surface area contributed by atoms with Gasteiger partial charge in [0.25, 0.3) is 5.91 Å². The van der Waals surface area contributed by atoms with Crippen LogP contribution in [0.1, 0.15) is 57.4 Å². The van der Waals surface area contributed by atoms with Crippen LogP contribution >= 0.6 is 0 Å². The van der Waals surface area contributed by atoms with Gasteiger partial charge in [0.2, 0.25) is 5.91 Å². The summed E-state index contributed by atoms with van der Waals surface area (Å²) in [6.45, 7) is 12.2. The molecule has 0 bridgehead atoms. The quantitative estimate of drug-likeness (QED) is 0.337. The average Bonchev–Trinajstić information content (AvgIpc) is 2.86. The van der Waals surface area contributed by atoms with Crippen LogP contribution in [0.4, 0.5) is 10.5 Å². The molecule has 3 aromatic carbocycles. The fourth-order valence-electron chi connectivity index (χ4n) is 4.56. The van der Waals surface area contributed by atoms with E-state index >= 15 is 0 Å². The third kappa shape index (κ3) is 7.60. The number of carbonyl (C=O) groups is 3. The largest absolute Gasteiger partial charge is 0.444 e. The van der Waals surface area contributed by atoms with Crippen LogP contribution in [0.25, 0.3) is 10.8 Å². The summed E-state index contributed by atoms with van der Waals surface area (Å²) < 4.78 is 5.38. The Kier molecular flexibility index (Phi) is 9.54. The predicted octanol–water partition coefficient (Wildman–Crippen LogP) is 6.04. The summed E-state index contributed by atoms with van der Waals surface area (Å²) in [4.78, 5) is 41.9. The molecule has 0 spiro atoms. The SMILES string of the molecule is Cc1ccc(C(C(=O)Nc2ccc3ccccc3c2)N(CC#N)C(=O)C(NC(=O)OC(C)(C)C)C(C)C)c(C)c1. The molecule has 0 saturated heterocycles. The monoisotopic (exact) mass is 542 g/mol. The van der Waals surface area contributed by atoms with Crippen molar-refractivity contribution in [3.8, 4) is 6.07 Å². The lowest BCUT2D eigenvalue weighted by atomic mass is 9.95. The van der Waals surface area contributed by atoms with Crippen LogP contribution in [-0.4, -0.2) is 41.0 Å². The topological polar surface area (TPSA) is 112 Å². The van der Waals surface area contributed by atoms with Crippen molar-refractivity contribution in [2.45, 2.75) is 66.2 Å². The number of nitrogens with zero attached hydrogens (tertiary/aromatic N) is 2. The number of amides is 3. The van der Waals surface area contributed by atoms with Gasteiger partial charge in [-0.15, -0.1) is 0 Å². The fraction of sp³-hybridized carbons (Fsp3) is 0.375. The first kappa shape index (κ1) is 30.2. The highest BCUT2D eigenvalue weighted by Crippen LogP contribution is 2.29. The molecule has 8 heteroatoms. The second-order valence-corrected chi connectivity index (χ2v) is 11.3. The van der Waals surface area contributed by atoms with E-state index in [1.807, 2.05) is 68.4 Å². The Balaban J connectivity index is 2.04. The molecule has 2 atom stereocenters. The molecule has 0 heterocycles. The lowest BCUT2D eigenvalue weighted by Gasteiger charge is -2.34. The second-order valence-electron chi connectivity index (χ2n) is 11.3. The van der Waals surface area contributed by atoms with Gasteiger partial charge in [-0.1, -0.05) is 67.9 Å². The number of carbonyl (C=O) groups excluding carboxylic acids is 3. The molecule has 0 radical (unpaired) electrons. The molecular formula is C32H38N4O4. The number of rotatable bonds is 8. The highest BCUT2D eigenvalue weighted by atomic mass is 16.6. The van der Waals surface area contributed by atoms with Crippen molar-refractivity contribution in [2.24, 2.45) is 5.92 Å². The Bertz CT molecular complexity index is 1430. The van der Waals surface area contributed by atoms with Gasteiger partial charge in [-0.2, -0.15) is 5.26 Å². The van der Waals surface area contributed by atoms with Crippen molar-refractivity contribution in [3.63, 3.8) is 0 Å². The zero-order valence-electron chi connectivity index (χ0n) is 24.2. The first-order valence-electron chi connectivity index (χ1n) is 13.3. The van der Waals surface area contributed by atoms with Crippen LogP contribution < -0.4 is 10.6 Å². The third-order valence-electron chi connectivity index (χ3n) is 6.43. The van der Waals surface area contributed by atoms with Gasteiger partial charge in [0.05, 0.1) is 6.07 Å². The van der Waals surface area contributed by atoms with Gasteiger partial charge in [0.15, 0.2) is 0 Å². The van der Waals surface area contributed by atoms with Gasteiger partial charge in [0.1, 0.15) is 24.2 Å². The molecule has 0 aromatic heterocycles. The van der Waals surface area contributed by atoms with Crippen molar-refractivity contribution in [1.29, 1.82) is 5.26 Å². The molecule has 8 nitrogen and oxygen atoms in total. The number of nitriles is 1. The average molecular weight is 543 g/mol. The zero-order chi connectivity index (χ0) is 29.6. The minimum Gasteiger partial charge on any atom is -0.444 e. The normalized spacial score (nSPS) is 12.8. The van der Waals surface area contributed by atoms with Gasteiger partial charge in [0, 0.05) is 5.69 Å². The summed E-state index contributed by atoms with van der Waals surface area (Å²) in [7, 11) is 0. The summed E-state index contributed by atoms with van der Waals surface area (Å²) in [6.07, 6.45) is -0.750. The Morgan fingerprint density at radius 2 is 1.65 bits per heavy atom. The van der Waals surface area contributed by atoms with Crippen LogP contribution in [0.15, 0.2) is 60.7 Å². The molecule has 0 fully saturated rings. The first-order chi connectivity index (χ1) is 18.8. The molecule has 0 aliphatic heterocycles. The Morgan fingerprint density at radius 3 is 2.25 bits per heavy atom. The zero-order valence-corrected chi connectivity index (χ0v) is 24.2. The maximum atomic E-state index is 14.0. The van der Waals surface area contributed by atoms with E-state index in [1.54, 1.807) is 46.8 Å². The van der Waals surface area contributed by atoms with E-state index in [9.17, 15) is 19.6 Å². The molecule has 3 aromatic rings. The summed E-state index contributed by atoms with van der Waals surface area (Å²) in [5.41, 5.74) is 2.19. The fourth-order valence-corrected chi connectivity index (χ4v) is 4.56. The first-order valence-corrected chi connectivity index (χ1v) is 13.3.